The molecule has 1 atom stereocenters. The van der Waals surface area contributed by atoms with Gasteiger partial charge in [-0.25, -0.2) is 4.98 Å². The fourth-order valence-electron chi connectivity index (χ4n) is 3.09. The molecule has 150 valence electrons. The number of aromatic nitrogens is 2. The first-order chi connectivity index (χ1) is 14.0. The smallest absolute Gasteiger partial charge is 0.263 e. The van der Waals surface area contributed by atoms with Crippen LogP contribution in [0.2, 0.25) is 5.02 Å². The minimum absolute atomic E-state index is 0.252. The van der Waals surface area contributed by atoms with Crippen LogP contribution >= 0.6 is 34.3 Å². The first-order valence-corrected chi connectivity index (χ1v) is 10.8. The summed E-state index contributed by atoms with van der Waals surface area (Å²) in [5.41, 5.74) is 0.790. The van der Waals surface area contributed by atoms with Gasteiger partial charge in [-0.15, -0.1) is 22.7 Å². The van der Waals surface area contributed by atoms with Crippen molar-refractivity contribution in [3.8, 4) is 11.5 Å². The predicted molar refractivity (Wildman–Crippen MR) is 117 cm³/mol. The van der Waals surface area contributed by atoms with Gasteiger partial charge in [-0.2, -0.15) is 0 Å². The molecule has 0 radical (unpaired) electrons. The highest BCUT2D eigenvalue weighted by atomic mass is 35.5. The van der Waals surface area contributed by atoms with Crippen LogP contribution in [0.4, 0.5) is 0 Å². The second-order valence-corrected chi connectivity index (χ2v) is 8.89. The topological polar surface area (TPSA) is 65.4 Å². The summed E-state index contributed by atoms with van der Waals surface area (Å²) in [7, 11) is 5.06. The van der Waals surface area contributed by atoms with Gasteiger partial charge in [0.1, 0.15) is 28.2 Å². The number of hydrogen-bond donors (Lipinski definition) is 1. The van der Waals surface area contributed by atoms with E-state index in [1.807, 2.05) is 41.4 Å². The summed E-state index contributed by atoms with van der Waals surface area (Å²) in [6, 6.07) is 6.92. The summed E-state index contributed by atoms with van der Waals surface area (Å²) in [5.74, 6) is 1.69. The van der Waals surface area contributed by atoms with E-state index in [4.69, 9.17) is 21.1 Å². The molecule has 0 saturated carbocycles. The van der Waals surface area contributed by atoms with E-state index in [9.17, 15) is 4.79 Å². The number of nitrogens with one attached hydrogen (secondary N) is 1. The van der Waals surface area contributed by atoms with Crippen LogP contribution in [0.3, 0.4) is 0 Å². The maximum atomic E-state index is 13.2. The van der Waals surface area contributed by atoms with Crippen LogP contribution in [0.15, 0.2) is 42.0 Å². The van der Waals surface area contributed by atoms with Crippen molar-refractivity contribution < 1.29 is 14.3 Å². The summed E-state index contributed by atoms with van der Waals surface area (Å²) in [4.78, 5) is 18.1. The van der Waals surface area contributed by atoms with Crippen molar-refractivity contribution in [2.75, 3.05) is 14.2 Å². The minimum Gasteiger partial charge on any atom is -0.497 e. The number of hydrogen-bond acceptors (Lipinski definition) is 6. The lowest BCUT2D eigenvalue weighted by Gasteiger charge is -2.20. The molecule has 0 aliphatic carbocycles. The van der Waals surface area contributed by atoms with Gasteiger partial charge in [0.2, 0.25) is 0 Å². The largest absolute Gasteiger partial charge is 0.497 e. The molecule has 29 heavy (non-hydrogen) atoms. The molecular weight excluding hydrogens is 430 g/mol. The SMILES string of the molecule is COc1cc(OC)cc([C@H](NC(=O)c2sc3sccc3c2Cl)c2nccn2C)c1. The molecule has 0 spiro atoms. The van der Waals surface area contributed by atoms with Crippen LogP contribution in [-0.2, 0) is 7.05 Å². The van der Waals surface area contributed by atoms with E-state index in [0.29, 0.717) is 27.2 Å². The Morgan fingerprint density at radius 1 is 1.24 bits per heavy atom. The van der Waals surface area contributed by atoms with Gasteiger partial charge in [-0.05, 0) is 29.1 Å². The molecule has 3 aromatic heterocycles. The molecule has 4 aromatic rings. The van der Waals surface area contributed by atoms with Crippen molar-refractivity contribution >= 4 is 49.6 Å². The zero-order chi connectivity index (χ0) is 20.5. The van der Waals surface area contributed by atoms with Gasteiger partial charge in [-0.3, -0.25) is 4.79 Å². The number of amides is 1. The van der Waals surface area contributed by atoms with E-state index >= 15 is 0 Å². The van der Waals surface area contributed by atoms with Crippen LogP contribution in [0.1, 0.15) is 27.1 Å². The quantitative estimate of drug-likeness (QED) is 0.457. The maximum absolute atomic E-state index is 13.2. The zero-order valence-electron chi connectivity index (χ0n) is 15.9. The highest BCUT2D eigenvalue weighted by molar-refractivity contribution is 7.38. The average molecular weight is 448 g/mol. The van der Waals surface area contributed by atoms with E-state index < -0.39 is 6.04 Å². The third-order valence-corrected chi connectivity index (χ3v) is 7.31. The molecular formula is C20H18ClN3O3S2. The van der Waals surface area contributed by atoms with Crippen molar-refractivity contribution in [1.82, 2.24) is 14.9 Å². The highest BCUT2D eigenvalue weighted by Gasteiger charge is 2.26. The first kappa shape index (κ1) is 19.8. The van der Waals surface area contributed by atoms with E-state index in [2.05, 4.69) is 10.3 Å². The molecule has 0 aliphatic rings. The number of ether oxygens (including phenoxy) is 2. The lowest BCUT2D eigenvalue weighted by atomic mass is 10.0. The third-order valence-electron chi connectivity index (χ3n) is 4.57. The number of halogens is 1. The summed E-state index contributed by atoms with van der Waals surface area (Å²) in [6.07, 6.45) is 3.53. The Bertz CT molecular complexity index is 1160. The number of rotatable bonds is 6. The number of imidazole rings is 1. The van der Waals surface area contributed by atoms with Crippen molar-refractivity contribution in [2.24, 2.45) is 7.05 Å². The van der Waals surface area contributed by atoms with Crippen molar-refractivity contribution in [3.05, 3.63) is 63.3 Å². The molecule has 0 bridgehead atoms. The molecule has 4 rings (SSSR count). The molecule has 1 N–H and O–H groups in total. The Hall–Kier alpha value is -2.55. The predicted octanol–water partition coefficient (Wildman–Crippen LogP) is 4.89. The maximum Gasteiger partial charge on any atom is 0.263 e. The average Bonchev–Trinajstić information content (AvgIpc) is 3.43. The third kappa shape index (κ3) is 3.71. The summed E-state index contributed by atoms with van der Waals surface area (Å²) in [6.45, 7) is 0. The van der Waals surface area contributed by atoms with E-state index in [0.717, 1.165) is 15.0 Å². The molecule has 6 nitrogen and oxygen atoms in total. The fraction of sp³-hybridized carbons (Fsp3) is 0.200. The second-order valence-electron chi connectivity index (χ2n) is 6.32. The number of benzene rings is 1. The number of carbonyl (C=O) groups excluding carboxylic acids is 1. The summed E-state index contributed by atoms with van der Waals surface area (Å²) >= 11 is 9.43. The lowest BCUT2D eigenvalue weighted by Crippen LogP contribution is -2.30. The number of carbonyl (C=O) groups is 1. The van der Waals surface area contributed by atoms with Gasteiger partial charge in [-0.1, -0.05) is 11.6 Å². The van der Waals surface area contributed by atoms with Gasteiger partial charge in [0.25, 0.3) is 5.91 Å². The molecule has 0 saturated heterocycles. The molecule has 3 heterocycles. The molecule has 0 fully saturated rings. The number of aryl methyl sites for hydroxylation is 1. The van der Waals surface area contributed by atoms with Crippen molar-refractivity contribution in [3.63, 3.8) is 0 Å². The van der Waals surface area contributed by atoms with Crippen LogP contribution in [0, 0.1) is 0 Å². The number of thiophene rings is 2. The van der Waals surface area contributed by atoms with Gasteiger partial charge in [0.05, 0.1) is 23.3 Å². The number of methoxy groups -OCH3 is 2. The van der Waals surface area contributed by atoms with Crippen molar-refractivity contribution in [1.29, 1.82) is 0 Å². The normalized spacial score (nSPS) is 12.1. The van der Waals surface area contributed by atoms with Crippen LogP contribution < -0.4 is 14.8 Å². The molecule has 1 aromatic carbocycles. The highest BCUT2D eigenvalue weighted by Crippen LogP contribution is 2.39. The molecule has 0 unspecified atom stereocenters. The Labute approximate surface area is 180 Å². The number of fused-ring (bicyclic) bond motifs is 1. The molecule has 9 heteroatoms. The molecule has 0 aliphatic heterocycles. The Morgan fingerprint density at radius 2 is 1.97 bits per heavy atom. The van der Waals surface area contributed by atoms with Crippen LogP contribution in [0.5, 0.6) is 11.5 Å². The Kier molecular flexibility index (Phi) is 5.49. The number of nitrogens with zero attached hydrogens (tertiary/aromatic N) is 2. The van der Waals surface area contributed by atoms with Gasteiger partial charge in [0, 0.05) is 30.9 Å². The summed E-state index contributed by atoms with van der Waals surface area (Å²) < 4.78 is 13.7. The first-order valence-electron chi connectivity index (χ1n) is 8.68. The van der Waals surface area contributed by atoms with E-state index in [-0.39, 0.29) is 5.91 Å². The van der Waals surface area contributed by atoms with Gasteiger partial charge in [0.15, 0.2) is 0 Å². The Morgan fingerprint density at radius 3 is 2.55 bits per heavy atom. The monoisotopic (exact) mass is 447 g/mol. The lowest BCUT2D eigenvalue weighted by molar-refractivity contribution is 0.0945. The standard InChI is InChI=1S/C20H18ClN3O3S2/c1-24-6-5-22-18(24)16(11-8-12(26-2)10-13(9-11)27-3)23-19(25)17-15(21)14-4-7-28-20(14)29-17/h4-10,16H,1-3H3,(H,23,25)/t16-/m0/s1. The summed E-state index contributed by atoms with van der Waals surface area (Å²) in [5, 5.41) is 6.43. The van der Waals surface area contributed by atoms with Crippen LogP contribution in [-0.4, -0.2) is 29.7 Å². The van der Waals surface area contributed by atoms with E-state index in [1.54, 1.807) is 37.8 Å². The minimum atomic E-state index is -0.511. The molecule has 1 amide bonds. The van der Waals surface area contributed by atoms with Gasteiger partial charge >= 0.3 is 0 Å². The van der Waals surface area contributed by atoms with Crippen molar-refractivity contribution in [2.45, 2.75) is 6.04 Å². The van der Waals surface area contributed by atoms with Gasteiger partial charge < -0.3 is 19.4 Å². The zero-order valence-corrected chi connectivity index (χ0v) is 18.3. The second kappa shape index (κ2) is 8.06. The fourth-order valence-corrected chi connectivity index (χ4v) is 5.61. The van der Waals surface area contributed by atoms with E-state index in [1.165, 1.54) is 11.3 Å². The van der Waals surface area contributed by atoms with Crippen LogP contribution in [0.25, 0.3) is 9.40 Å². The Balaban J connectivity index is 1.76.